The van der Waals surface area contributed by atoms with Crippen LogP contribution in [-0.4, -0.2) is 50.6 Å². The summed E-state index contributed by atoms with van der Waals surface area (Å²) in [6.45, 7) is 1.01. The third kappa shape index (κ3) is 2.82. The monoisotopic (exact) mass is 416 g/mol. The predicted octanol–water partition coefficient (Wildman–Crippen LogP) is 2.36. The summed E-state index contributed by atoms with van der Waals surface area (Å²) in [6, 6.07) is 7.19. The lowest BCUT2D eigenvalue weighted by Crippen LogP contribution is -2.49. The van der Waals surface area contributed by atoms with Crippen LogP contribution in [0, 0.1) is 0 Å². The van der Waals surface area contributed by atoms with Crippen LogP contribution in [0.5, 0.6) is 0 Å². The summed E-state index contributed by atoms with van der Waals surface area (Å²) in [5.74, 6) is 0.745. The summed E-state index contributed by atoms with van der Waals surface area (Å²) >= 11 is 0. The number of likely N-dealkylation sites (tertiary alicyclic amines) is 1. The predicted molar refractivity (Wildman–Crippen MR) is 108 cm³/mol. The zero-order valence-electron chi connectivity index (χ0n) is 16.4. The summed E-state index contributed by atoms with van der Waals surface area (Å²) in [5.41, 5.74) is 2.81. The lowest BCUT2D eigenvalue weighted by Gasteiger charge is -2.36. The number of anilines is 2. The van der Waals surface area contributed by atoms with Crippen molar-refractivity contribution in [2.24, 2.45) is 0 Å². The smallest absolute Gasteiger partial charge is 0.326 e. The number of fused-ring (bicyclic) bond motifs is 2. The Morgan fingerprint density at radius 2 is 1.79 bits per heavy atom. The molecule has 0 N–H and O–H groups in total. The van der Waals surface area contributed by atoms with E-state index in [9.17, 15) is 13.2 Å². The highest BCUT2D eigenvalue weighted by Gasteiger charge is 2.43. The minimum absolute atomic E-state index is 0.0999. The molecule has 2 aromatic rings. The van der Waals surface area contributed by atoms with Crippen molar-refractivity contribution in [1.82, 2.24) is 10.1 Å². The van der Waals surface area contributed by atoms with Crippen LogP contribution in [0.25, 0.3) is 0 Å². The largest absolute Gasteiger partial charge is 0.360 e. The number of aryl methyl sites for hydroxylation is 1. The Balaban J connectivity index is 1.33. The molecule has 0 spiro atoms. The maximum absolute atomic E-state index is 13.0. The van der Waals surface area contributed by atoms with Crippen molar-refractivity contribution >= 4 is 27.5 Å². The molecule has 1 fully saturated rings. The van der Waals surface area contributed by atoms with Crippen LogP contribution in [0.2, 0.25) is 0 Å². The summed E-state index contributed by atoms with van der Waals surface area (Å²) < 4.78 is 34.2. The molecule has 1 saturated heterocycles. The van der Waals surface area contributed by atoms with Gasteiger partial charge in [0.05, 0.1) is 17.4 Å². The van der Waals surface area contributed by atoms with Gasteiger partial charge in [-0.2, -0.15) is 8.42 Å². The number of amides is 1. The number of rotatable bonds is 2. The van der Waals surface area contributed by atoms with Crippen molar-refractivity contribution < 1.29 is 17.7 Å². The summed E-state index contributed by atoms with van der Waals surface area (Å²) in [7, 11) is -2.00. The van der Waals surface area contributed by atoms with E-state index in [2.05, 4.69) is 5.16 Å². The van der Waals surface area contributed by atoms with E-state index in [-0.39, 0.29) is 11.9 Å². The topological polar surface area (TPSA) is 87.0 Å². The van der Waals surface area contributed by atoms with Gasteiger partial charge >= 0.3 is 10.2 Å². The van der Waals surface area contributed by atoms with Gasteiger partial charge in [0.2, 0.25) is 0 Å². The number of piperidine rings is 1. The number of nitrogens with zero attached hydrogens (tertiary/aromatic N) is 4. The molecule has 0 saturated carbocycles. The number of para-hydroxylation sites is 2. The molecule has 9 heteroatoms. The Labute approximate surface area is 170 Å². The molecule has 0 atom stereocenters. The summed E-state index contributed by atoms with van der Waals surface area (Å²) in [6.07, 6.45) is 4.99. The van der Waals surface area contributed by atoms with Gasteiger partial charge in [-0.3, -0.25) is 9.10 Å². The molecule has 5 rings (SSSR count). The molecule has 0 unspecified atom stereocenters. The normalized spacial score (nSPS) is 21.2. The molecule has 8 nitrogen and oxygen atoms in total. The van der Waals surface area contributed by atoms with Crippen molar-refractivity contribution in [3.05, 3.63) is 41.3 Å². The number of aromatic nitrogens is 1. The van der Waals surface area contributed by atoms with E-state index < -0.39 is 10.2 Å². The van der Waals surface area contributed by atoms with E-state index in [4.69, 9.17) is 4.52 Å². The Morgan fingerprint density at radius 3 is 2.55 bits per heavy atom. The van der Waals surface area contributed by atoms with Crippen LogP contribution >= 0.6 is 0 Å². The van der Waals surface area contributed by atoms with Gasteiger partial charge in [0, 0.05) is 32.1 Å². The molecule has 1 aromatic carbocycles. The number of hydrogen-bond acceptors (Lipinski definition) is 5. The zero-order valence-corrected chi connectivity index (χ0v) is 17.2. The number of carbonyl (C=O) groups excluding carboxylic acids is 1. The highest BCUT2D eigenvalue weighted by molar-refractivity contribution is 7.94. The van der Waals surface area contributed by atoms with Crippen LogP contribution in [0.3, 0.4) is 0 Å². The molecule has 3 aliphatic rings. The van der Waals surface area contributed by atoms with E-state index in [1.54, 1.807) is 11.9 Å². The second-order valence-corrected chi connectivity index (χ2v) is 9.76. The summed E-state index contributed by atoms with van der Waals surface area (Å²) in [4.78, 5) is 14.8. The van der Waals surface area contributed by atoms with Gasteiger partial charge < -0.3 is 9.42 Å². The number of benzene rings is 1. The van der Waals surface area contributed by atoms with Gasteiger partial charge in [0.15, 0.2) is 5.69 Å². The Morgan fingerprint density at radius 1 is 1.10 bits per heavy atom. The molecule has 154 valence electrons. The molecular weight excluding hydrogens is 392 g/mol. The fourth-order valence-corrected chi connectivity index (χ4v) is 6.35. The lowest BCUT2D eigenvalue weighted by molar-refractivity contribution is 0.0704. The molecule has 0 bridgehead atoms. The minimum Gasteiger partial charge on any atom is -0.360 e. The van der Waals surface area contributed by atoms with Crippen molar-refractivity contribution in [1.29, 1.82) is 0 Å². The van der Waals surface area contributed by atoms with E-state index in [0.29, 0.717) is 43.0 Å². The molecule has 0 radical (unpaired) electrons. The maximum Gasteiger partial charge on any atom is 0.326 e. The third-order valence-electron chi connectivity index (χ3n) is 6.29. The Hall–Kier alpha value is -2.55. The Bertz CT molecular complexity index is 1060. The van der Waals surface area contributed by atoms with Crippen LogP contribution < -0.4 is 8.61 Å². The van der Waals surface area contributed by atoms with E-state index >= 15 is 0 Å². The first kappa shape index (κ1) is 18.5. The van der Waals surface area contributed by atoms with Gasteiger partial charge in [0.25, 0.3) is 5.91 Å². The van der Waals surface area contributed by atoms with E-state index in [0.717, 1.165) is 37.0 Å². The first-order valence-corrected chi connectivity index (χ1v) is 11.5. The third-order valence-corrected chi connectivity index (χ3v) is 8.17. The second-order valence-electron chi connectivity index (χ2n) is 7.92. The quantitative estimate of drug-likeness (QED) is 0.750. The fourth-order valence-electron chi connectivity index (χ4n) is 4.69. The summed E-state index contributed by atoms with van der Waals surface area (Å²) in [5, 5.41) is 4.05. The Kier molecular flexibility index (Phi) is 4.31. The fraction of sp³-hybridized carbons (Fsp3) is 0.500. The first-order valence-electron chi connectivity index (χ1n) is 10.1. The van der Waals surface area contributed by atoms with Gasteiger partial charge in [-0.05, 0) is 44.2 Å². The number of hydrogen-bond donors (Lipinski definition) is 0. The highest BCUT2D eigenvalue weighted by Crippen LogP contribution is 2.42. The molecule has 2 aliphatic heterocycles. The molecule has 1 aliphatic carbocycles. The molecular formula is C20H24N4O4S. The zero-order chi connectivity index (χ0) is 20.2. The second kappa shape index (κ2) is 6.76. The SMILES string of the molecule is CN1c2ccccc2N(C2CCN(C(=O)c3noc4c3CCCC4)CC2)S1(=O)=O. The highest BCUT2D eigenvalue weighted by atomic mass is 32.2. The van der Waals surface area contributed by atoms with Gasteiger partial charge in [0.1, 0.15) is 5.76 Å². The molecule has 3 heterocycles. The van der Waals surface area contributed by atoms with E-state index in [1.165, 1.54) is 8.61 Å². The average Bonchev–Trinajstić information content (AvgIpc) is 3.25. The molecule has 1 aromatic heterocycles. The average molecular weight is 417 g/mol. The van der Waals surface area contributed by atoms with Crippen LogP contribution in [0.4, 0.5) is 11.4 Å². The standard InChI is InChI=1S/C20H24N4O4S/c1-22-16-7-3-4-8-17(16)24(29(22,26)27)14-10-12-23(13-11-14)20(25)19-15-6-2-5-9-18(15)28-21-19/h3-4,7-8,14H,2,5-6,9-13H2,1H3. The van der Waals surface area contributed by atoms with Crippen molar-refractivity contribution in [2.75, 3.05) is 28.7 Å². The number of carbonyl (C=O) groups is 1. The lowest BCUT2D eigenvalue weighted by atomic mass is 9.95. The minimum atomic E-state index is -3.58. The van der Waals surface area contributed by atoms with Gasteiger partial charge in [-0.15, -0.1) is 0 Å². The maximum atomic E-state index is 13.0. The van der Waals surface area contributed by atoms with Gasteiger partial charge in [-0.25, -0.2) is 4.31 Å². The first-order chi connectivity index (χ1) is 14.0. The van der Waals surface area contributed by atoms with Crippen molar-refractivity contribution in [3.8, 4) is 0 Å². The van der Waals surface area contributed by atoms with Crippen LogP contribution in [0.1, 0.15) is 47.5 Å². The molecule has 29 heavy (non-hydrogen) atoms. The van der Waals surface area contributed by atoms with Crippen LogP contribution in [-0.2, 0) is 23.1 Å². The van der Waals surface area contributed by atoms with Gasteiger partial charge in [-0.1, -0.05) is 17.3 Å². The van der Waals surface area contributed by atoms with E-state index in [1.807, 2.05) is 24.3 Å². The van der Waals surface area contributed by atoms with Crippen LogP contribution in [0.15, 0.2) is 28.8 Å². The van der Waals surface area contributed by atoms with Crippen molar-refractivity contribution in [2.45, 2.75) is 44.6 Å². The van der Waals surface area contributed by atoms with Crippen molar-refractivity contribution in [3.63, 3.8) is 0 Å². The molecule has 1 amide bonds.